The maximum Gasteiger partial charge on any atom is 0.257 e. The summed E-state index contributed by atoms with van der Waals surface area (Å²) >= 11 is 0. The van der Waals surface area contributed by atoms with E-state index in [-0.39, 0.29) is 11.6 Å². The van der Waals surface area contributed by atoms with Crippen LogP contribution in [0.2, 0.25) is 0 Å². The summed E-state index contributed by atoms with van der Waals surface area (Å²) in [6.07, 6.45) is 7.17. The monoisotopic (exact) mass is 461 g/mol. The molecule has 4 heterocycles. The van der Waals surface area contributed by atoms with Crippen molar-refractivity contribution in [2.24, 2.45) is 0 Å². The van der Waals surface area contributed by atoms with E-state index < -0.39 is 5.82 Å². The smallest absolute Gasteiger partial charge is 0.257 e. The van der Waals surface area contributed by atoms with Gasteiger partial charge in [0.1, 0.15) is 11.0 Å². The van der Waals surface area contributed by atoms with Gasteiger partial charge in [0.25, 0.3) is 5.91 Å². The zero-order valence-electron chi connectivity index (χ0n) is 19.8. The second kappa shape index (κ2) is 8.64. The molecule has 1 aliphatic heterocycles. The number of aryl methyl sites for hydroxylation is 2. The number of nitrogens with one attached hydrogen (secondary N) is 1. The Labute approximate surface area is 197 Å². The van der Waals surface area contributed by atoms with E-state index in [1.165, 1.54) is 6.07 Å². The van der Waals surface area contributed by atoms with Gasteiger partial charge < -0.3 is 19.5 Å². The van der Waals surface area contributed by atoms with Crippen molar-refractivity contribution in [3.05, 3.63) is 59.6 Å². The third-order valence-corrected chi connectivity index (χ3v) is 6.46. The van der Waals surface area contributed by atoms with Crippen LogP contribution in [0.3, 0.4) is 0 Å². The second-order valence-electron chi connectivity index (χ2n) is 9.17. The lowest BCUT2D eigenvalue weighted by atomic mass is 10.0. The molecular weight excluding hydrogens is 433 g/mol. The highest BCUT2D eigenvalue weighted by Gasteiger charge is 2.24. The Morgan fingerprint density at radius 1 is 1.09 bits per heavy atom. The topological polar surface area (TPSA) is 78.7 Å². The molecule has 4 aromatic rings. The van der Waals surface area contributed by atoms with Gasteiger partial charge in [-0.15, -0.1) is 0 Å². The number of rotatable bonds is 4. The summed E-state index contributed by atoms with van der Waals surface area (Å²) in [5.74, 6) is -0.862. The summed E-state index contributed by atoms with van der Waals surface area (Å²) in [6.45, 7) is 5.53. The highest BCUT2D eigenvalue weighted by atomic mass is 19.1. The lowest BCUT2D eigenvalue weighted by Gasteiger charge is -2.36. The van der Waals surface area contributed by atoms with Gasteiger partial charge in [-0.2, -0.15) is 0 Å². The van der Waals surface area contributed by atoms with Crippen molar-refractivity contribution >= 4 is 34.0 Å². The Balaban J connectivity index is 1.47. The number of benzene rings is 1. The van der Waals surface area contributed by atoms with Crippen LogP contribution in [0.5, 0.6) is 0 Å². The molecule has 8 nitrogen and oxygen atoms in total. The number of carbonyl (C=O) groups excluding carboxylic acids is 1. The molecule has 1 N–H and O–H groups in total. The van der Waals surface area contributed by atoms with Crippen molar-refractivity contribution in [2.45, 2.75) is 32.7 Å². The molecule has 1 amide bonds. The van der Waals surface area contributed by atoms with Gasteiger partial charge in [0.2, 0.25) is 0 Å². The Hall–Kier alpha value is -3.59. The molecule has 0 saturated carbocycles. The third kappa shape index (κ3) is 4.07. The normalized spacial score (nSPS) is 14.9. The number of halogens is 1. The van der Waals surface area contributed by atoms with Gasteiger partial charge in [-0.05, 0) is 52.9 Å². The van der Waals surface area contributed by atoms with Crippen molar-refractivity contribution in [1.29, 1.82) is 0 Å². The van der Waals surface area contributed by atoms with Gasteiger partial charge in [-0.3, -0.25) is 9.78 Å². The van der Waals surface area contributed by atoms with Gasteiger partial charge in [-0.1, -0.05) is 0 Å². The van der Waals surface area contributed by atoms with Gasteiger partial charge in [-0.25, -0.2) is 14.4 Å². The third-order valence-electron chi connectivity index (χ3n) is 6.46. The molecule has 1 fully saturated rings. The number of hydrogen-bond acceptors (Lipinski definition) is 6. The lowest BCUT2D eigenvalue weighted by molar-refractivity contribution is 0.102. The standard InChI is InChI=1S/C25H28FN7O/c1-15-12-27-22-19(25(34)30-17-11-20(26)24-29-16(2)13-33(24)14-17)5-6-21(23(22)28-15)32-9-7-18(8-10-32)31(3)4/h5-6,11-14,18H,7-10H2,1-4H3,(H,30,34). The molecule has 34 heavy (non-hydrogen) atoms. The number of pyridine rings is 1. The zero-order chi connectivity index (χ0) is 24.0. The molecule has 0 radical (unpaired) electrons. The number of nitrogens with zero attached hydrogens (tertiary/aromatic N) is 6. The fourth-order valence-corrected chi connectivity index (χ4v) is 4.68. The van der Waals surface area contributed by atoms with Crippen LogP contribution in [0, 0.1) is 19.7 Å². The molecule has 0 unspecified atom stereocenters. The Morgan fingerprint density at radius 3 is 2.59 bits per heavy atom. The Morgan fingerprint density at radius 2 is 1.85 bits per heavy atom. The molecule has 1 saturated heterocycles. The van der Waals surface area contributed by atoms with Crippen LogP contribution in [0.1, 0.15) is 34.6 Å². The number of hydrogen-bond donors (Lipinski definition) is 1. The fraction of sp³-hybridized carbons (Fsp3) is 0.360. The van der Waals surface area contributed by atoms with E-state index in [2.05, 4.69) is 39.2 Å². The highest BCUT2D eigenvalue weighted by molar-refractivity contribution is 6.13. The largest absolute Gasteiger partial charge is 0.370 e. The van der Waals surface area contributed by atoms with E-state index in [1.807, 2.05) is 13.0 Å². The first kappa shape index (κ1) is 22.2. The van der Waals surface area contributed by atoms with Crippen LogP contribution < -0.4 is 10.2 Å². The van der Waals surface area contributed by atoms with Crippen molar-refractivity contribution < 1.29 is 9.18 Å². The van der Waals surface area contributed by atoms with Crippen LogP contribution >= 0.6 is 0 Å². The van der Waals surface area contributed by atoms with Crippen molar-refractivity contribution in [3.8, 4) is 0 Å². The molecule has 0 bridgehead atoms. The number of imidazole rings is 1. The van der Waals surface area contributed by atoms with Crippen LogP contribution in [0.25, 0.3) is 16.7 Å². The molecule has 5 rings (SSSR count). The number of carbonyl (C=O) groups is 1. The van der Waals surface area contributed by atoms with Crippen molar-refractivity contribution in [3.63, 3.8) is 0 Å². The Kier molecular flexibility index (Phi) is 5.65. The SMILES string of the molecule is Cc1cnc2c(C(=O)Nc3cc(F)c4nc(C)cn4c3)ccc(N3CCC(N(C)C)CC3)c2n1. The van der Waals surface area contributed by atoms with E-state index in [0.717, 1.165) is 37.3 Å². The van der Waals surface area contributed by atoms with E-state index in [4.69, 9.17) is 4.98 Å². The number of piperidine rings is 1. The summed E-state index contributed by atoms with van der Waals surface area (Å²) < 4.78 is 16.1. The average Bonchev–Trinajstić information content (AvgIpc) is 3.19. The van der Waals surface area contributed by atoms with E-state index in [1.54, 1.807) is 36.0 Å². The van der Waals surface area contributed by atoms with E-state index >= 15 is 0 Å². The first-order valence-electron chi connectivity index (χ1n) is 11.4. The van der Waals surface area contributed by atoms with E-state index in [0.29, 0.717) is 34.0 Å². The minimum Gasteiger partial charge on any atom is -0.370 e. The van der Waals surface area contributed by atoms with Crippen LogP contribution in [0.4, 0.5) is 15.8 Å². The van der Waals surface area contributed by atoms with Crippen molar-refractivity contribution in [2.75, 3.05) is 37.4 Å². The van der Waals surface area contributed by atoms with Gasteiger partial charge >= 0.3 is 0 Å². The van der Waals surface area contributed by atoms with Gasteiger partial charge in [0, 0.05) is 43.8 Å². The highest BCUT2D eigenvalue weighted by Crippen LogP contribution is 2.30. The molecule has 3 aromatic heterocycles. The summed E-state index contributed by atoms with van der Waals surface area (Å²) in [4.78, 5) is 31.3. The molecule has 0 aliphatic carbocycles. The summed E-state index contributed by atoms with van der Waals surface area (Å²) in [5.41, 5.74) is 4.69. The maximum atomic E-state index is 14.5. The predicted molar refractivity (Wildman–Crippen MR) is 131 cm³/mol. The molecule has 0 atom stereocenters. The second-order valence-corrected chi connectivity index (χ2v) is 9.17. The maximum absolute atomic E-state index is 14.5. The number of fused-ring (bicyclic) bond motifs is 2. The summed E-state index contributed by atoms with van der Waals surface area (Å²) in [7, 11) is 4.24. The molecule has 1 aromatic carbocycles. The Bertz CT molecular complexity index is 1390. The quantitative estimate of drug-likeness (QED) is 0.498. The number of anilines is 2. The molecule has 176 valence electrons. The predicted octanol–water partition coefficient (Wildman–Crippen LogP) is 3.82. The van der Waals surface area contributed by atoms with Gasteiger partial charge in [0.05, 0.1) is 28.3 Å². The van der Waals surface area contributed by atoms with Crippen LogP contribution in [-0.2, 0) is 0 Å². The molecular formula is C25H28FN7O. The van der Waals surface area contributed by atoms with Crippen LogP contribution in [-0.4, -0.2) is 63.4 Å². The minimum absolute atomic E-state index is 0.227. The van der Waals surface area contributed by atoms with Crippen molar-refractivity contribution in [1.82, 2.24) is 24.3 Å². The molecule has 1 aliphatic rings. The zero-order valence-corrected chi connectivity index (χ0v) is 19.8. The lowest BCUT2D eigenvalue weighted by Crippen LogP contribution is -2.42. The van der Waals surface area contributed by atoms with Crippen LogP contribution in [0.15, 0.2) is 36.8 Å². The number of aromatic nitrogens is 4. The first-order valence-corrected chi connectivity index (χ1v) is 11.4. The molecule has 0 spiro atoms. The summed E-state index contributed by atoms with van der Waals surface area (Å²) in [5, 5.41) is 2.81. The number of amides is 1. The van der Waals surface area contributed by atoms with Gasteiger partial charge in [0.15, 0.2) is 11.5 Å². The average molecular weight is 462 g/mol. The molecule has 9 heteroatoms. The minimum atomic E-state index is -0.498. The van der Waals surface area contributed by atoms with E-state index in [9.17, 15) is 9.18 Å². The fourth-order valence-electron chi connectivity index (χ4n) is 4.68. The first-order chi connectivity index (χ1) is 16.3. The summed E-state index contributed by atoms with van der Waals surface area (Å²) in [6, 6.07) is 5.58.